The third-order valence-corrected chi connectivity index (χ3v) is 10.4. The average molecular weight is 644 g/mol. The summed E-state index contributed by atoms with van der Waals surface area (Å²) < 4.78 is 6.48. The van der Waals surface area contributed by atoms with Crippen LogP contribution in [0, 0.1) is 18.3 Å². The third-order valence-electron chi connectivity index (χ3n) is 10.4. The summed E-state index contributed by atoms with van der Waals surface area (Å²) >= 11 is 0. The number of aryl methyl sites for hydroxylation is 3. The van der Waals surface area contributed by atoms with Gasteiger partial charge < -0.3 is 4.74 Å². The molecule has 0 spiro atoms. The number of para-hydroxylation sites is 2. The van der Waals surface area contributed by atoms with Crippen LogP contribution in [0.25, 0.3) is 33.4 Å². The van der Waals surface area contributed by atoms with Crippen LogP contribution in [0.4, 0.5) is 0 Å². The molecule has 0 amide bonds. The number of hydrogen-bond acceptors (Lipinski definition) is 2. The van der Waals surface area contributed by atoms with Crippen molar-refractivity contribution in [2.75, 3.05) is 0 Å². The maximum atomic E-state index is 10.2. The lowest BCUT2D eigenvalue weighted by atomic mass is 9.71. The monoisotopic (exact) mass is 643 g/mol. The molecule has 0 heterocycles. The molecular weight excluding hydrogens is 607 g/mol. The van der Waals surface area contributed by atoms with Crippen LogP contribution in [0.15, 0.2) is 164 Å². The van der Waals surface area contributed by atoms with Crippen LogP contribution in [0.2, 0.25) is 0 Å². The summed E-state index contributed by atoms with van der Waals surface area (Å²) in [7, 11) is 0. The van der Waals surface area contributed by atoms with Crippen molar-refractivity contribution in [1.82, 2.24) is 0 Å². The number of rotatable bonds is 8. The Labute approximate surface area is 294 Å². The van der Waals surface area contributed by atoms with Crippen LogP contribution in [-0.4, -0.2) is 0 Å². The summed E-state index contributed by atoms with van der Waals surface area (Å²) in [5.74, 6) is 1.74. The molecule has 0 saturated heterocycles. The van der Waals surface area contributed by atoms with E-state index in [0.29, 0.717) is 5.56 Å². The Bertz CT molecular complexity index is 2290. The van der Waals surface area contributed by atoms with Gasteiger partial charge in [-0.25, -0.2) is 0 Å². The second-order valence-corrected chi connectivity index (χ2v) is 13.3. The van der Waals surface area contributed by atoms with Crippen molar-refractivity contribution >= 4 is 0 Å². The minimum Gasteiger partial charge on any atom is -0.457 e. The van der Waals surface area contributed by atoms with E-state index in [4.69, 9.17) is 4.74 Å². The van der Waals surface area contributed by atoms with Gasteiger partial charge in [0, 0.05) is 5.41 Å². The predicted molar refractivity (Wildman–Crippen MR) is 205 cm³/mol. The van der Waals surface area contributed by atoms with E-state index < -0.39 is 5.41 Å². The molecule has 0 fully saturated rings. The molecule has 0 aliphatic heterocycles. The second-order valence-electron chi connectivity index (χ2n) is 13.3. The molecule has 8 rings (SSSR count). The van der Waals surface area contributed by atoms with Crippen molar-refractivity contribution in [1.29, 1.82) is 5.26 Å². The molecule has 0 atom stereocenters. The van der Waals surface area contributed by atoms with Gasteiger partial charge in [-0.3, -0.25) is 0 Å². The minimum atomic E-state index is -0.500. The fraction of sp³-hybridized carbons (Fsp3) is 0.104. The molecule has 2 heteroatoms. The minimum absolute atomic E-state index is 0.500. The Morgan fingerprint density at radius 1 is 0.520 bits per heavy atom. The molecule has 0 radical (unpaired) electrons. The summed E-state index contributed by atoms with van der Waals surface area (Å²) in [6.07, 6.45) is 1.59. The number of ether oxygens (including phenoxy) is 1. The predicted octanol–water partition coefficient (Wildman–Crippen LogP) is 12.1. The molecule has 1 aliphatic rings. The van der Waals surface area contributed by atoms with Gasteiger partial charge in [0.25, 0.3) is 0 Å². The van der Waals surface area contributed by atoms with Crippen molar-refractivity contribution in [3.8, 4) is 50.9 Å². The molecule has 7 aromatic rings. The van der Waals surface area contributed by atoms with Crippen LogP contribution >= 0.6 is 0 Å². The Balaban J connectivity index is 1.30. The lowest BCUT2D eigenvalue weighted by molar-refractivity contribution is 0.472. The molecule has 240 valence electrons. The van der Waals surface area contributed by atoms with Gasteiger partial charge in [0.15, 0.2) is 0 Å². The Morgan fingerprint density at radius 3 is 1.66 bits per heavy atom. The SMILES string of the molecule is Cc1ccccc1Oc1ccccc1CCc1ccc(C#N)cc1C1(C)c2cccc(-c3ccccc3)c2-c2c(-c3ccccc3)cccc21. The normalized spacial score (nSPS) is 12.5. The van der Waals surface area contributed by atoms with Gasteiger partial charge in [-0.05, 0) is 118 Å². The van der Waals surface area contributed by atoms with Gasteiger partial charge in [0.2, 0.25) is 0 Å². The second kappa shape index (κ2) is 13.0. The highest BCUT2D eigenvalue weighted by molar-refractivity contribution is 6.00. The zero-order valence-corrected chi connectivity index (χ0v) is 28.4. The molecule has 0 bridgehead atoms. The van der Waals surface area contributed by atoms with E-state index in [2.05, 4.69) is 153 Å². The van der Waals surface area contributed by atoms with Crippen LogP contribution < -0.4 is 4.74 Å². The van der Waals surface area contributed by atoms with Gasteiger partial charge in [-0.2, -0.15) is 5.26 Å². The topological polar surface area (TPSA) is 33.0 Å². The van der Waals surface area contributed by atoms with Crippen LogP contribution in [0.3, 0.4) is 0 Å². The molecule has 50 heavy (non-hydrogen) atoms. The summed E-state index contributed by atoms with van der Waals surface area (Å²) in [6.45, 7) is 4.43. The summed E-state index contributed by atoms with van der Waals surface area (Å²) in [6, 6.07) is 60.1. The number of benzene rings is 7. The highest BCUT2D eigenvalue weighted by Gasteiger charge is 2.44. The molecule has 0 unspecified atom stereocenters. The highest BCUT2D eigenvalue weighted by atomic mass is 16.5. The summed E-state index contributed by atoms with van der Waals surface area (Å²) in [5, 5.41) is 10.2. The molecule has 1 aliphatic carbocycles. The molecule has 7 aromatic carbocycles. The van der Waals surface area contributed by atoms with Crippen molar-refractivity contribution in [2.45, 2.75) is 32.1 Å². The standard InChI is InChI=1S/C48H37NO/c1-33-15-9-11-25-44(33)50-45-26-12-10-20-38(45)30-29-37-28-27-34(32-49)31-43(37)48(2)41-23-13-21-39(35-16-5-3-6-17-35)46(41)47-40(22-14-24-42(47)48)36-18-7-4-8-19-36/h3-28,31H,29-30H2,1-2H3. The quantitative estimate of drug-likeness (QED) is 0.165. The zero-order chi connectivity index (χ0) is 34.1. The average Bonchev–Trinajstić information content (AvgIpc) is 3.45. The van der Waals surface area contributed by atoms with Gasteiger partial charge in [0.05, 0.1) is 11.6 Å². The van der Waals surface area contributed by atoms with Crippen molar-refractivity contribution in [3.05, 3.63) is 203 Å². The number of fused-ring (bicyclic) bond motifs is 3. The maximum Gasteiger partial charge on any atom is 0.130 e. The van der Waals surface area contributed by atoms with Crippen LogP contribution in [0.1, 0.15) is 45.9 Å². The van der Waals surface area contributed by atoms with E-state index in [0.717, 1.165) is 35.5 Å². The zero-order valence-electron chi connectivity index (χ0n) is 28.4. The largest absolute Gasteiger partial charge is 0.457 e. The lowest BCUT2D eigenvalue weighted by Crippen LogP contribution is -2.25. The highest BCUT2D eigenvalue weighted by Crippen LogP contribution is 2.58. The number of nitrogens with zero attached hydrogens (tertiary/aromatic N) is 1. The van der Waals surface area contributed by atoms with E-state index in [-0.39, 0.29) is 0 Å². The lowest BCUT2D eigenvalue weighted by Gasteiger charge is -2.31. The Kier molecular flexibility index (Phi) is 8.11. The fourth-order valence-corrected chi connectivity index (χ4v) is 7.83. The first kappa shape index (κ1) is 31.1. The van der Waals surface area contributed by atoms with Gasteiger partial charge in [0.1, 0.15) is 11.5 Å². The molecule has 2 nitrogen and oxygen atoms in total. The van der Waals surface area contributed by atoms with E-state index in [1.165, 1.54) is 55.6 Å². The van der Waals surface area contributed by atoms with Crippen LogP contribution in [0.5, 0.6) is 11.5 Å². The van der Waals surface area contributed by atoms with Crippen molar-refractivity contribution in [3.63, 3.8) is 0 Å². The first-order valence-corrected chi connectivity index (χ1v) is 17.3. The number of hydrogen-bond donors (Lipinski definition) is 0. The smallest absolute Gasteiger partial charge is 0.130 e. The van der Waals surface area contributed by atoms with Crippen LogP contribution in [-0.2, 0) is 18.3 Å². The Morgan fingerprint density at radius 2 is 1.06 bits per heavy atom. The van der Waals surface area contributed by atoms with E-state index in [1.54, 1.807) is 0 Å². The van der Waals surface area contributed by atoms with Crippen molar-refractivity contribution < 1.29 is 4.74 Å². The molecule has 0 N–H and O–H groups in total. The number of nitriles is 1. The van der Waals surface area contributed by atoms with E-state index >= 15 is 0 Å². The van der Waals surface area contributed by atoms with Gasteiger partial charge >= 0.3 is 0 Å². The van der Waals surface area contributed by atoms with Gasteiger partial charge in [-0.15, -0.1) is 0 Å². The molecular formula is C48H37NO. The summed E-state index contributed by atoms with van der Waals surface area (Å²) in [5.41, 5.74) is 14.7. The molecule has 0 saturated carbocycles. The van der Waals surface area contributed by atoms with E-state index in [9.17, 15) is 5.26 Å². The fourth-order valence-electron chi connectivity index (χ4n) is 7.83. The first-order valence-electron chi connectivity index (χ1n) is 17.3. The maximum absolute atomic E-state index is 10.2. The van der Waals surface area contributed by atoms with Gasteiger partial charge in [-0.1, -0.05) is 140 Å². The third kappa shape index (κ3) is 5.38. The molecule has 0 aromatic heterocycles. The van der Waals surface area contributed by atoms with Crippen molar-refractivity contribution in [2.24, 2.45) is 0 Å². The van der Waals surface area contributed by atoms with E-state index in [1.807, 2.05) is 30.3 Å². The first-order chi connectivity index (χ1) is 24.6. The Hall–Kier alpha value is -6.17. The summed E-state index contributed by atoms with van der Waals surface area (Å²) in [4.78, 5) is 0.